The van der Waals surface area contributed by atoms with Crippen molar-refractivity contribution < 1.29 is 24.2 Å². The molecule has 0 spiro atoms. The predicted octanol–water partition coefficient (Wildman–Crippen LogP) is 2.25. The summed E-state index contributed by atoms with van der Waals surface area (Å²) in [4.78, 5) is 37.7. The third kappa shape index (κ3) is 3.50. The number of ether oxygens (including phenoxy) is 1. The van der Waals surface area contributed by atoms with Gasteiger partial charge in [0.2, 0.25) is 5.60 Å². The van der Waals surface area contributed by atoms with Crippen molar-refractivity contribution in [1.82, 2.24) is 4.90 Å². The average Bonchev–Trinajstić information content (AvgIpc) is 2.69. The summed E-state index contributed by atoms with van der Waals surface area (Å²) in [5.41, 5.74) is -1.50. The van der Waals surface area contributed by atoms with Gasteiger partial charge in [-0.3, -0.25) is 4.79 Å². The average molecular weight is 353 g/mol. The van der Waals surface area contributed by atoms with E-state index in [1.807, 2.05) is 0 Å². The summed E-state index contributed by atoms with van der Waals surface area (Å²) in [7, 11) is 0. The van der Waals surface area contributed by atoms with Gasteiger partial charge < -0.3 is 14.7 Å². The maximum Gasteiger partial charge on any atom is 0.417 e. The zero-order chi connectivity index (χ0) is 18.6. The Morgan fingerprint density at radius 3 is 1.81 bits per heavy atom. The Hall–Kier alpha value is -2.99. The van der Waals surface area contributed by atoms with Crippen molar-refractivity contribution >= 4 is 17.8 Å². The molecule has 0 aliphatic carbocycles. The predicted molar refractivity (Wildman–Crippen MR) is 93.2 cm³/mol. The van der Waals surface area contributed by atoms with Crippen LogP contribution in [0, 0.1) is 0 Å². The SMILES string of the molecule is O=C1CCN(C(=O)OC(=O)C(O)(c2ccccc2)c2ccccc2)CC1. The third-order valence-corrected chi connectivity index (χ3v) is 4.44. The minimum absolute atomic E-state index is 0.0745. The fourth-order valence-electron chi connectivity index (χ4n) is 2.92. The molecule has 134 valence electrons. The standard InChI is InChI=1S/C20H19NO5/c22-17-11-13-21(14-12-17)19(24)26-18(23)20(25,15-7-3-1-4-8-15)16-9-5-2-6-10-16/h1-10,25H,11-14H2. The van der Waals surface area contributed by atoms with E-state index < -0.39 is 17.7 Å². The van der Waals surface area contributed by atoms with E-state index in [1.54, 1.807) is 60.7 Å². The molecule has 0 aromatic heterocycles. The maximum absolute atomic E-state index is 12.8. The number of Topliss-reactive ketones (excluding diaryl/α,β-unsaturated/α-hetero) is 1. The number of hydrogen-bond acceptors (Lipinski definition) is 5. The van der Waals surface area contributed by atoms with Crippen LogP contribution in [0.5, 0.6) is 0 Å². The molecule has 1 aliphatic heterocycles. The molecule has 0 radical (unpaired) electrons. The van der Waals surface area contributed by atoms with Gasteiger partial charge in [0, 0.05) is 25.9 Å². The summed E-state index contributed by atoms with van der Waals surface area (Å²) in [6, 6.07) is 16.7. The van der Waals surface area contributed by atoms with Crippen LogP contribution in [0.4, 0.5) is 4.79 Å². The molecule has 2 aromatic carbocycles. The van der Waals surface area contributed by atoms with Crippen molar-refractivity contribution in [2.45, 2.75) is 18.4 Å². The number of aliphatic hydroxyl groups is 1. The summed E-state index contributed by atoms with van der Waals surface area (Å²) >= 11 is 0. The van der Waals surface area contributed by atoms with Gasteiger partial charge in [-0.15, -0.1) is 0 Å². The molecule has 0 saturated carbocycles. The summed E-state index contributed by atoms with van der Waals surface area (Å²) < 4.78 is 4.99. The number of rotatable bonds is 3. The van der Waals surface area contributed by atoms with Gasteiger partial charge in [-0.25, -0.2) is 9.59 Å². The Morgan fingerprint density at radius 2 is 1.35 bits per heavy atom. The lowest BCUT2D eigenvalue weighted by molar-refractivity contribution is -0.156. The number of benzene rings is 2. The molecule has 1 saturated heterocycles. The van der Waals surface area contributed by atoms with Crippen molar-refractivity contribution in [2.75, 3.05) is 13.1 Å². The highest BCUT2D eigenvalue weighted by atomic mass is 16.6. The summed E-state index contributed by atoms with van der Waals surface area (Å²) in [6.45, 7) is 0.417. The first-order valence-electron chi connectivity index (χ1n) is 8.38. The van der Waals surface area contributed by atoms with Gasteiger partial charge in [-0.2, -0.15) is 0 Å². The van der Waals surface area contributed by atoms with Crippen molar-refractivity contribution in [2.24, 2.45) is 0 Å². The van der Waals surface area contributed by atoms with E-state index in [-0.39, 0.29) is 31.7 Å². The molecular weight excluding hydrogens is 334 g/mol. The Bertz CT molecular complexity index is 754. The van der Waals surface area contributed by atoms with Crippen LogP contribution < -0.4 is 0 Å². The van der Waals surface area contributed by atoms with Crippen LogP contribution in [-0.2, 0) is 19.9 Å². The van der Waals surface area contributed by atoms with Gasteiger partial charge in [0.15, 0.2) is 0 Å². The van der Waals surface area contributed by atoms with Gasteiger partial charge in [-0.05, 0) is 11.1 Å². The highest BCUT2D eigenvalue weighted by Crippen LogP contribution is 2.31. The second kappa shape index (κ2) is 7.49. The highest BCUT2D eigenvalue weighted by molar-refractivity contribution is 5.93. The molecule has 0 atom stereocenters. The van der Waals surface area contributed by atoms with E-state index in [1.165, 1.54) is 4.90 Å². The van der Waals surface area contributed by atoms with E-state index in [9.17, 15) is 19.5 Å². The summed E-state index contributed by atoms with van der Waals surface area (Å²) in [6.07, 6.45) is -0.372. The zero-order valence-electron chi connectivity index (χ0n) is 14.1. The lowest BCUT2D eigenvalue weighted by atomic mass is 9.86. The Labute approximate surface area is 151 Å². The van der Waals surface area contributed by atoms with Crippen LogP contribution in [0.3, 0.4) is 0 Å². The van der Waals surface area contributed by atoms with E-state index in [0.717, 1.165) is 0 Å². The fourth-order valence-corrected chi connectivity index (χ4v) is 2.92. The molecule has 26 heavy (non-hydrogen) atoms. The minimum atomic E-state index is -2.11. The lowest BCUT2D eigenvalue weighted by Gasteiger charge is -2.29. The van der Waals surface area contributed by atoms with Crippen LogP contribution in [0.15, 0.2) is 60.7 Å². The number of carbonyl (C=O) groups excluding carboxylic acids is 3. The smallest absolute Gasteiger partial charge is 0.373 e. The van der Waals surface area contributed by atoms with Gasteiger partial charge in [0.05, 0.1) is 0 Å². The lowest BCUT2D eigenvalue weighted by Crippen LogP contribution is -2.45. The number of likely N-dealkylation sites (tertiary alicyclic amines) is 1. The quantitative estimate of drug-likeness (QED) is 0.676. The molecule has 1 N–H and O–H groups in total. The first-order valence-corrected chi connectivity index (χ1v) is 8.38. The first-order chi connectivity index (χ1) is 12.5. The summed E-state index contributed by atoms with van der Waals surface area (Å²) in [5.74, 6) is -0.998. The van der Waals surface area contributed by atoms with Crippen LogP contribution in [-0.4, -0.2) is 40.9 Å². The molecule has 1 heterocycles. The fraction of sp³-hybridized carbons (Fsp3) is 0.250. The first kappa shape index (κ1) is 17.8. The van der Waals surface area contributed by atoms with Gasteiger partial charge in [0.25, 0.3) is 0 Å². The van der Waals surface area contributed by atoms with E-state index in [4.69, 9.17) is 4.74 Å². The number of hydrogen-bond donors (Lipinski definition) is 1. The molecule has 0 bridgehead atoms. The Balaban J connectivity index is 1.86. The van der Waals surface area contributed by atoms with Crippen LogP contribution >= 0.6 is 0 Å². The van der Waals surface area contributed by atoms with E-state index in [2.05, 4.69) is 0 Å². The number of esters is 1. The van der Waals surface area contributed by atoms with Gasteiger partial charge in [-0.1, -0.05) is 60.7 Å². The third-order valence-electron chi connectivity index (χ3n) is 4.44. The molecule has 0 unspecified atom stereocenters. The van der Waals surface area contributed by atoms with Crippen molar-refractivity contribution in [3.05, 3.63) is 71.8 Å². The normalized spacial score (nSPS) is 14.8. The van der Waals surface area contributed by atoms with Crippen molar-refractivity contribution in [3.63, 3.8) is 0 Å². The highest BCUT2D eigenvalue weighted by Gasteiger charge is 2.43. The molecular formula is C20H19NO5. The number of carbonyl (C=O) groups is 3. The van der Waals surface area contributed by atoms with Crippen LogP contribution in [0.25, 0.3) is 0 Å². The zero-order valence-corrected chi connectivity index (χ0v) is 14.1. The van der Waals surface area contributed by atoms with Crippen molar-refractivity contribution in [3.8, 4) is 0 Å². The second-order valence-corrected chi connectivity index (χ2v) is 6.12. The Morgan fingerprint density at radius 1 is 0.885 bits per heavy atom. The summed E-state index contributed by atoms with van der Waals surface area (Å²) in [5, 5.41) is 11.2. The molecule has 1 fully saturated rings. The molecule has 2 aromatic rings. The number of amides is 1. The monoisotopic (exact) mass is 353 g/mol. The number of piperidine rings is 1. The Kier molecular flexibility index (Phi) is 5.14. The van der Waals surface area contributed by atoms with Crippen molar-refractivity contribution in [1.29, 1.82) is 0 Å². The van der Waals surface area contributed by atoms with Crippen LogP contribution in [0.2, 0.25) is 0 Å². The number of nitrogens with zero attached hydrogens (tertiary/aromatic N) is 1. The van der Waals surface area contributed by atoms with E-state index in [0.29, 0.717) is 11.1 Å². The second-order valence-electron chi connectivity index (χ2n) is 6.12. The van der Waals surface area contributed by atoms with Gasteiger partial charge >= 0.3 is 12.1 Å². The molecule has 1 amide bonds. The topological polar surface area (TPSA) is 83.9 Å². The largest absolute Gasteiger partial charge is 0.417 e. The molecule has 6 heteroatoms. The maximum atomic E-state index is 12.8. The molecule has 6 nitrogen and oxygen atoms in total. The molecule has 1 aliphatic rings. The number of ketones is 1. The van der Waals surface area contributed by atoms with E-state index >= 15 is 0 Å². The van der Waals surface area contributed by atoms with Crippen LogP contribution in [0.1, 0.15) is 24.0 Å². The molecule has 3 rings (SSSR count). The van der Waals surface area contributed by atoms with Gasteiger partial charge in [0.1, 0.15) is 5.78 Å². The minimum Gasteiger partial charge on any atom is -0.373 e.